The minimum absolute atomic E-state index is 0.164. The zero-order chi connectivity index (χ0) is 27.5. The van der Waals surface area contributed by atoms with Crippen molar-refractivity contribution in [2.24, 2.45) is 28.5 Å². The van der Waals surface area contributed by atoms with E-state index in [1.54, 1.807) is 12.4 Å². The highest BCUT2D eigenvalue weighted by Gasteiger charge is 2.30. The van der Waals surface area contributed by atoms with Gasteiger partial charge in [-0.2, -0.15) is 0 Å². The molecular formula is C33H41N5O. The van der Waals surface area contributed by atoms with Gasteiger partial charge in [0, 0.05) is 29.9 Å². The molecule has 1 aromatic heterocycles. The van der Waals surface area contributed by atoms with E-state index >= 15 is 0 Å². The molecule has 0 spiro atoms. The van der Waals surface area contributed by atoms with Crippen molar-refractivity contribution in [2.75, 3.05) is 5.32 Å². The second kappa shape index (κ2) is 11.6. The number of hydrogen-bond acceptors (Lipinski definition) is 5. The molecular weight excluding hydrogens is 482 g/mol. The first-order valence-corrected chi connectivity index (χ1v) is 14.5. The number of allylic oxidation sites excluding steroid dienone is 2. The molecule has 3 unspecified atom stereocenters. The maximum Gasteiger partial charge on any atom is 0.256 e. The van der Waals surface area contributed by atoms with E-state index < -0.39 is 0 Å². The van der Waals surface area contributed by atoms with Crippen molar-refractivity contribution in [1.29, 1.82) is 0 Å². The van der Waals surface area contributed by atoms with Gasteiger partial charge < -0.3 is 16.0 Å². The first-order valence-electron chi connectivity index (χ1n) is 14.5. The summed E-state index contributed by atoms with van der Waals surface area (Å²) in [6.07, 6.45) is 13.7. The topological polar surface area (TPSA) is 83.6 Å². The van der Waals surface area contributed by atoms with Crippen LogP contribution in [0.25, 0.3) is 5.57 Å². The van der Waals surface area contributed by atoms with Gasteiger partial charge in [0.2, 0.25) is 0 Å². The molecule has 2 aliphatic carbocycles. The Morgan fingerprint density at radius 2 is 1.90 bits per heavy atom. The smallest absolute Gasteiger partial charge is 0.256 e. The number of pyridine rings is 1. The molecule has 6 heteroatoms. The van der Waals surface area contributed by atoms with Crippen molar-refractivity contribution < 1.29 is 4.79 Å². The molecule has 0 bridgehead atoms. The van der Waals surface area contributed by atoms with E-state index in [0.29, 0.717) is 35.0 Å². The van der Waals surface area contributed by atoms with Crippen LogP contribution < -0.4 is 11.1 Å². The van der Waals surface area contributed by atoms with Crippen LogP contribution in [0, 0.1) is 17.8 Å². The summed E-state index contributed by atoms with van der Waals surface area (Å²) >= 11 is 0. The molecule has 2 saturated carbocycles. The van der Waals surface area contributed by atoms with E-state index in [0.717, 1.165) is 41.8 Å². The molecule has 39 heavy (non-hydrogen) atoms. The standard InChI is InChI=1S/C33H41N5O/c1-5-22(3)30(31-32(34)36-17-18-38(31)23(4)27-8-6-7-21(2)19-27)25-11-13-26(14-12-25)33(39)37-29-20-28(15-16-35-29)24-9-10-24/h11-18,20-22,24,27H,4-10,19H2,1-3H3,(H2,34,36)(H,35,37,39)/b31-30+. The highest BCUT2D eigenvalue weighted by molar-refractivity contribution is 6.06. The van der Waals surface area contributed by atoms with E-state index in [9.17, 15) is 4.79 Å². The molecule has 0 radical (unpaired) electrons. The third kappa shape index (κ3) is 6.00. The Morgan fingerprint density at radius 1 is 1.15 bits per heavy atom. The molecule has 2 fully saturated rings. The zero-order valence-corrected chi connectivity index (χ0v) is 23.5. The van der Waals surface area contributed by atoms with Gasteiger partial charge in [0.1, 0.15) is 11.7 Å². The molecule has 6 nitrogen and oxygen atoms in total. The number of nitrogens with zero attached hydrogens (tertiary/aromatic N) is 3. The molecule has 1 aromatic carbocycles. The summed E-state index contributed by atoms with van der Waals surface area (Å²) in [5.41, 5.74) is 12.6. The Kier molecular flexibility index (Phi) is 8.01. The van der Waals surface area contributed by atoms with E-state index in [1.807, 2.05) is 42.6 Å². The Balaban J connectivity index is 1.43. The number of rotatable bonds is 8. The van der Waals surface area contributed by atoms with Gasteiger partial charge in [-0.3, -0.25) is 4.79 Å². The number of nitrogens with one attached hydrogen (secondary N) is 1. The highest BCUT2D eigenvalue weighted by atomic mass is 16.1. The van der Waals surface area contributed by atoms with Gasteiger partial charge in [-0.15, -0.1) is 0 Å². The molecule has 1 aliphatic heterocycles. The van der Waals surface area contributed by atoms with Gasteiger partial charge in [-0.25, -0.2) is 9.98 Å². The number of amidine groups is 1. The second-order valence-electron chi connectivity index (χ2n) is 11.5. The third-order valence-corrected chi connectivity index (χ3v) is 8.52. The van der Waals surface area contributed by atoms with E-state index in [1.165, 1.54) is 31.2 Å². The van der Waals surface area contributed by atoms with Crippen molar-refractivity contribution in [3.05, 3.63) is 89.7 Å². The van der Waals surface area contributed by atoms with Crippen LogP contribution in [0.4, 0.5) is 5.82 Å². The fourth-order valence-corrected chi connectivity index (χ4v) is 5.91. The number of hydrogen-bond donors (Lipinski definition) is 2. The third-order valence-electron chi connectivity index (χ3n) is 8.52. The van der Waals surface area contributed by atoms with E-state index in [4.69, 9.17) is 5.73 Å². The zero-order valence-electron chi connectivity index (χ0n) is 23.5. The first kappa shape index (κ1) is 26.9. The van der Waals surface area contributed by atoms with Crippen molar-refractivity contribution in [2.45, 2.75) is 71.6 Å². The molecule has 0 saturated heterocycles. The fraction of sp³-hybridized carbons (Fsp3) is 0.424. The van der Waals surface area contributed by atoms with E-state index in [2.05, 4.69) is 47.5 Å². The number of carbonyl (C=O) groups excluding carboxylic acids is 1. The van der Waals surface area contributed by atoms with Crippen LogP contribution in [0.15, 0.2) is 78.0 Å². The molecule has 2 heterocycles. The quantitative estimate of drug-likeness (QED) is 0.376. The van der Waals surface area contributed by atoms with Crippen molar-refractivity contribution in [3.63, 3.8) is 0 Å². The summed E-state index contributed by atoms with van der Waals surface area (Å²) in [4.78, 5) is 24.1. The minimum Gasteiger partial charge on any atom is -0.382 e. The second-order valence-corrected chi connectivity index (χ2v) is 11.5. The fourth-order valence-electron chi connectivity index (χ4n) is 5.91. The maximum absolute atomic E-state index is 13.0. The minimum atomic E-state index is -0.164. The molecule has 1 amide bonds. The number of amides is 1. The monoisotopic (exact) mass is 523 g/mol. The largest absolute Gasteiger partial charge is 0.382 e. The molecule has 3 atom stereocenters. The number of nitrogens with two attached hydrogens (primary N) is 1. The lowest BCUT2D eigenvalue weighted by molar-refractivity contribution is 0.102. The van der Waals surface area contributed by atoms with Gasteiger partial charge >= 0.3 is 0 Å². The van der Waals surface area contributed by atoms with E-state index in [-0.39, 0.29) is 11.8 Å². The number of aromatic nitrogens is 1. The normalized spacial score (nSPS) is 23.2. The van der Waals surface area contributed by atoms with Crippen LogP contribution in [0.3, 0.4) is 0 Å². The summed E-state index contributed by atoms with van der Waals surface area (Å²) in [5, 5.41) is 2.97. The van der Waals surface area contributed by atoms with Crippen LogP contribution in [0.2, 0.25) is 0 Å². The first-order chi connectivity index (χ1) is 18.9. The Labute approximate surface area is 232 Å². The molecule has 3 N–H and O–H groups in total. The molecule has 3 aliphatic rings. The van der Waals surface area contributed by atoms with Crippen LogP contribution in [-0.2, 0) is 0 Å². The molecule has 2 aromatic rings. The highest BCUT2D eigenvalue weighted by Crippen LogP contribution is 2.41. The van der Waals surface area contributed by atoms with Gasteiger partial charge in [0.25, 0.3) is 5.91 Å². The number of benzene rings is 1. The van der Waals surface area contributed by atoms with Crippen molar-refractivity contribution in [1.82, 2.24) is 9.88 Å². The molecule has 204 valence electrons. The Hall–Kier alpha value is -3.67. The lowest BCUT2D eigenvalue weighted by atomic mass is 9.80. The van der Waals surface area contributed by atoms with Crippen LogP contribution in [0.1, 0.15) is 93.1 Å². The van der Waals surface area contributed by atoms with Gasteiger partial charge in [0.05, 0.1) is 5.70 Å². The maximum atomic E-state index is 13.0. The number of anilines is 1. The SMILES string of the molecule is C=C(C1CCCC(C)C1)N1C=CN=C(N)/C1=C(\c1ccc(C(=O)Nc2cc(C3CC3)ccn2)cc1)C(C)CC. The van der Waals surface area contributed by atoms with Gasteiger partial charge in [0.15, 0.2) is 0 Å². The number of carbonyl (C=O) groups is 1. The average Bonchev–Trinajstić information content (AvgIpc) is 3.80. The Bertz CT molecular complexity index is 1320. The summed E-state index contributed by atoms with van der Waals surface area (Å²) in [6.45, 7) is 11.3. The number of aliphatic imine (C=N–C) groups is 1. The lowest BCUT2D eigenvalue weighted by Gasteiger charge is -2.37. The van der Waals surface area contributed by atoms with Crippen LogP contribution >= 0.6 is 0 Å². The van der Waals surface area contributed by atoms with Crippen molar-refractivity contribution in [3.8, 4) is 0 Å². The molecule has 5 rings (SSSR count). The predicted octanol–water partition coefficient (Wildman–Crippen LogP) is 7.45. The average molecular weight is 524 g/mol. The van der Waals surface area contributed by atoms with Crippen LogP contribution in [-0.4, -0.2) is 21.6 Å². The van der Waals surface area contributed by atoms with Crippen LogP contribution in [0.5, 0.6) is 0 Å². The summed E-state index contributed by atoms with van der Waals surface area (Å²) < 4.78 is 0. The predicted molar refractivity (Wildman–Crippen MR) is 160 cm³/mol. The van der Waals surface area contributed by atoms with Gasteiger partial charge in [-0.1, -0.05) is 52.3 Å². The lowest BCUT2D eigenvalue weighted by Crippen LogP contribution is -2.34. The summed E-state index contributed by atoms with van der Waals surface area (Å²) in [5.74, 6) is 2.90. The van der Waals surface area contributed by atoms with Crippen molar-refractivity contribution >= 4 is 23.1 Å². The summed E-state index contributed by atoms with van der Waals surface area (Å²) in [6, 6.07) is 11.8. The Morgan fingerprint density at radius 3 is 2.59 bits per heavy atom. The van der Waals surface area contributed by atoms with Gasteiger partial charge in [-0.05, 0) is 96.7 Å². The summed E-state index contributed by atoms with van der Waals surface area (Å²) in [7, 11) is 0.